The Hall–Kier alpha value is -0.980. The Kier molecular flexibility index (Phi) is 5.99. The highest BCUT2D eigenvalue weighted by molar-refractivity contribution is 5.31. The molecule has 0 spiro atoms. The minimum Gasteiger partial charge on any atom is -0.493 e. The number of rotatable bonds is 7. The van der Waals surface area contributed by atoms with Gasteiger partial charge in [-0.05, 0) is 30.9 Å². The lowest BCUT2D eigenvalue weighted by Gasteiger charge is -2.16. The van der Waals surface area contributed by atoms with Crippen molar-refractivity contribution < 1.29 is 4.74 Å². The number of hydrogen-bond acceptors (Lipinski definition) is 1. The van der Waals surface area contributed by atoms with Crippen LogP contribution >= 0.6 is 0 Å². The molecule has 0 fully saturated rings. The summed E-state index contributed by atoms with van der Waals surface area (Å²) in [5, 5.41) is 0. The summed E-state index contributed by atoms with van der Waals surface area (Å²) in [5.41, 5.74) is 1.23. The first-order valence-corrected chi connectivity index (χ1v) is 6.46. The topological polar surface area (TPSA) is 9.23 Å². The summed E-state index contributed by atoms with van der Waals surface area (Å²) in [5.74, 6) is 1.75. The van der Waals surface area contributed by atoms with Crippen LogP contribution in [0, 0.1) is 12.8 Å². The largest absolute Gasteiger partial charge is 0.493 e. The maximum Gasteiger partial charge on any atom is 0.122 e. The summed E-state index contributed by atoms with van der Waals surface area (Å²) in [6.45, 7) is 7.46. The van der Waals surface area contributed by atoms with Crippen LogP contribution in [0.5, 0.6) is 5.75 Å². The molecule has 90 valence electrons. The molecule has 1 unspecified atom stereocenters. The first kappa shape index (κ1) is 13.1. The quantitative estimate of drug-likeness (QED) is 0.653. The minimum absolute atomic E-state index is 0.708. The molecule has 1 aromatic rings. The predicted molar refractivity (Wildman–Crippen MR) is 70.0 cm³/mol. The average Bonchev–Trinajstić information content (AvgIpc) is 2.31. The van der Waals surface area contributed by atoms with Crippen molar-refractivity contribution in [2.24, 2.45) is 5.92 Å². The van der Waals surface area contributed by atoms with Gasteiger partial charge in [-0.25, -0.2) is 0 Å². The van der Waals surface area contributed by atoms with E-state index in [9.17, 15) is 0 Å². The lowest BCUT2D eigenvalue weighted by molar-refractivity contribution is 0.232. The predicted octanol–water partition coefficient (Wildman–Crippen LogP) is 4.59. The van der Waals surface area contributed by atoms with Crippen LogP contribution in [0.3, 0.4) is 0 Å². The van der Waals surface area contributed by atoms with Gasteiger partial charge in [-0.15, -0.1) is 0 Å². The van der Waals surface area contributed by atoms with Crippen molar-refractivity contribution in [2.75, 3.05) is 6.61 Å². The molecule has 1 heteroatoms. The summed E-state index contributed by atoms with van der Waals surface area (Å²) in [6.07, 6.45) is 5.10. The molecule has 0 saturated heterocycles. The highest BCUT2D eigenvalue weighted by atomic mass is 16.5. The summed E-state index contributed by atoms with van der Waals surface area (Å²) >= 11 is 0. The van der Waals surface area contributed by atoms with Crippen molar-refractivity contribution in [3.05, 3.63) is 29.8 Å². The standard InChI is InChI=1S/C15H24O/c1-4-6-10-14(5-2)12-16-15-11-8-7-9-13(15)3/h7-9,11,14H,4-6,10,12H2,1-3H3. The first-order chi connectivity index (χ1) is 7.77. The molecule has 0 heterocycles. The van der Waals surface area contributed by atoms with Crippen molar-refractivity contribution in [1.82, 2.24) is 0 Å². The fourth-order valence-corrected chi connectivity index (χ4v) is 1.82. The van der Waals surface area contributed by atoms with Crippen LogP contribution in [0.25, 0.3) is 0 Å². The second kappa shape index (κ2) is 7.32. The molecular weight excluding hydrogens is 196 g/mol. The van der Waals surface area contributed by atoms with Gasteiger partial charge in [0.25, 0.3) is 0 Å². The molecule has 0 saturated carbocycles. The van der Waals surface area contributed by atoms with E-state index in [1.165, 1.54) is 31.2 Å². The smallest absolute Gasteiger partial charge is 0.122 e. The molecule has 1 aromatic carbocycles. The maximum absolute atomic E-state index is 5.89. The highest BCUT2D eigenvalue weighted by Gasteiger charge is 2.07. The lowest BCUT2D eigenvalue weighted by atomic mass is 10.0. The molecule has 0 aromatic heterocycles. The molecular formula is C15H24O. The Morgan fingerprint density at radius 2 is 1.94 bits per heavy atom. The van der Waals surface area contributed by atoms with E-state index in [1.54, 1.807) is 0 Å². The molecule has 1 atom stereocenters. The Labute approximate surface area is 99.8 Å². The highest BCUT2D eigenvalue weighted by Crippen LogP contribution is 2.19. The summed E-state index contributed by atoms with van der Waals surface area (Å²) < 4.78 is 5.89. The summed E-state index contributed by atoms with van der Waals surface area (Å²) in [6, 6.07) is 8.25. The number of para-hydroxylation sites is 1. The zero-order valence-electron chi connectivity index (χ0n) is 10.8. The molecule has 1 rings (SSSR count). The van der Waals surface area contributed by atoms with Gasteiger partial charge in [0, 0.05) is 0 Å². The third kappa shape index (κ3) is 4.26. The second-order valence-corrected chi connectivity index (χ2v) is 4.49. The Bertz CT molecular complexity index is 293. The second-order valence-electron chi connectivity index (χ2n) is 4.49. The Balaban J connectivity index is 2.40. The van der Waals surface area contributed by atoms with Crippen molar-refractivity contribution in [2.45, 2.75) is 46.5 Å². The molecule has 0 bridgehead atoms. The van der Waals surface area contributed by atoms with Crippen LogP contribution in [0.4, 0.5) is 0 Å². The van der Waals surface area contributed by atoms with E-state index in [0.29, 0.717) is 5.92 Å². The minimum atomic E-state index is 0.708. The van der Waals surface area contributed by atoms with E-state index in [1.807, 2.05) is 6.07 Å². The van der Waals surface area contributed by atoms with Gasteiger partial charge in [0.1, 0.15) is 5.75 Å². The van der Waals surface area contributed by atoms with E-state index in [2.05, 4.69) is 39.0 Å². The first-order valence-electron chi connectivity index (χ1n) is 6.46. The van der Waals surface area contributed by atoms with Gasteiger partial charge in [-0.2, -0.15) is 0 Å². The fraction of sp³-hybridized carbons (Fsp3) is 0.600. The third-order valence-corrected chi connectivity index (χ3v) is 3.11. The fourth-order valence-electron chi connectivity index (χ4n) is 1.82. The zero-order chi connectivity index (χ0) is 11.8. The number of aryl methyl sites for hydroxylation is 1. The van der Waals surface area contributed by atoms with Crippen molar-refractivity contribution >= 4 is 0 Å². The van der Waals surface area contributed by atoms with Gasteiger partial charge in [0.2, 0.25) is 0 Å². The van der Waals surface area contributed by atoms with Gasteiger partial charge < -0.3 is 4.74 Å². The SMILES string of the molecule is CCCCC(CC)COc1ccccc1C. The van der Waals surface area contributed by atoms with Crippen molar-refractivity contribution in [1.29, 1.82) is 0 Å². The van der Waals surface area contributed by atoms with Crippen LogP contribution in [0.15, 0.2) is 24.3 Å². The average molecular weight is 220 g/mol. The molecule has 0 amide bonds. The van der Waals surface area contributed by atoms with E-state index in [4.69, 9.17) is 4.74 Å². The molecule has 0 radical (unpaired) electrons. The van der Waals surface area contributed by atoms with Gasteiger partial charge >= 0.3 is 0 Å². The maximum atomic E-state index is 5.89. The van der Waals surface area contributed by atoms with E-state index in [0.717, 1.165) is 12.4 Å². The molecule has 0 N–H and O–H groups in total. The van der Waals surface area contributed by atoms with E-state index >= 15 is 0 Å². The molecule has 0 aliphatic carbocycles. The zero-order valence-corrected chi connectivity index (χ0v) is 10.8. The summed E-state index contributed by atoms with van der Waals surface area (Å²) in [7, 11) is 0. The Morgan fingerprint density at radius 1 is 1.19 bits per heavy atom. The molecule has 0 aliphatic rings. The van der Waals surface area contributed by atoms with Gasteiger partial charge in [-0.3, -0.25) is 0 Å². The number of unbranched alkanes of at least 4 members (excludes halogenated alkanes) is 1. The van der Waals surface area contributed by atoms with Crippen LogP contribution in [-0.2, 0) is 0 Å². The van der Waals surface area contributed by atoms with Crippen LogP contribution in [-0.4, -0.2) is 6.61 Å². The normalized spacial score (nSPS) is 12.4. The van der Waals surface area contributed by atoms with Crippen molar-refractivity contribution in [3.8, 4) is 5.75 Å². The van der Waals surface area contributed by atoms with Gasteiger partial charge in [-0.1, -0.05) is 51.3 Å². The third-order valence-electron chi connectivity index (χ3n) is 3.11. The Morgan fingerprint density at radius 3 is 2.56 bits per heavy atom. The molecule has 1 nitrogen and oxygen atoms in total. The monoisotopic (exact) mass is 220 g/mol. The van der Waals surface area contributed by atoms with Gasteiger partial charge in [0.15, 0.2) is 0 Å². The summed E-state index contributed by atoms with van der Waals surface area (Å²) in [4.78, 5) is 0. The van der Waals surface area contributed by atoms with Crippen LogP contribution in [0.2, 0.25) is 0 Å². The number of benzene rings is 1. The van der Waals surface area contributed by atoms with E-state index < -0.39 is 0 Å². The van der Waals surface area contributed by atoms with Crippen molar-refractivity contribution in [3.63, 3.8) is 0 Å². The lowest BCUT2D eigenvalue weighted by Crippen LogP contribution is -2.11. The van der Waals surface area contributed by atoms with Crippen LogP contribution < -0.4 is 4.74 Å². The number of hydrogen-bond donors (Lipinski definition) is 0. The molecule has 0 aliphatic heterocycles. The molecule has 16 heavy (non-hydrogen) atoms. The number of ether oxygens (including phenoxy) is 1. The van der Waals surface area contributed by atoms with Gasteiger partial charge in [0.05, 0.1) is 6.61 Å². The van der Waals surface area contributed by atoms with Crippen LogP contribution in [0.1, 0.15) is 45.1 Å². The van der Waals surface area contributed by atoms with E-state index in [-0.39, 0.29) is 0 Å².